The maximum absolute atomic E-state index is 13.5. The lowest BCUT2D eigenvalue weighted by Crippen LogP contribution is -2.32. The summed E-state index contributed by atoms with van der Waals surface area (Å²) in [7, 11) is 0. The molecule has 1 atom stereocenters. The van der Waals surface area contributed by atoms with E-state index in [2.05, 4.69) is 15.0 Å². The maximum Gasteiger partial charge on any atom is 0.241 e. The van der Waals surface area contributed by atoms with Gasteiger partial charge in [0.2, 0.25) is 11.7 Å². The minimum atomic E-state index is -0.269. The molecular weight excluding hydrogens is 376 g/mol. The van der Waals surface area contributed by atoms with Crippen LogP contribution in [0.1, 0.15) is 23.4 Å². The zero-order valence-corrected chi connectivity index (χ0v) is 16.2. The monoisotopic (exact) mass is 399 g/mol. The van der Waals surface area contributed by atoms with Crippen LogP contribution in [0.3, 0.4) is 0 Å². The van der Waals surface area contributed by atoms with E-state index in [9.17, 15) is 13.9 Å². The van der Waals surface area contributed by atoms with Crippen LogP contribution in [0.4, 0.5) is 8.78 Å². The first-order chi connectivity index (χ1) is 14.0. The Morgan fingerprint density at radius 1 is 1.17 bits per heavy atom. The third kappa shape index (κ3) is 4.36. The van der Waals surface area contributed by atoms with E-state index in [4.69, 9.17) is 4.52 Å². The second kappa shape index (κ2) is 8.00. The molecule has 2 heterocycles. The highest BCUT2D eigenvalue weighted by molar-refractivity contribution is 5.55. The van der Waals surface area contributed by atoms with Gasteiger partial charge in [0.05, 0.1) is 13.2 Å². The Hall–Kier alpha value is -2.64. The summed E-state index contributed by atoms with van der Waals surface area (Å²) >= 11 is 0. The molecule has 4 rings (SSSR count). The molecule has 5 nitrogen and oxygen atoms in total. The largest absolute Gasteiger partial charge is 0.396 e. The molecule has 0 spiro atoms. The number of likely N-dealkylation sites (tertiary alicyclic amines) is 1. The third-order valence-electron chi connectivity index (χ3n) is 5.59. The summed E-state index contributed by atoms with van der Waals surface area (Å²) in [6.07, 6.45) is 1.52. The van der Waals surface area contributed by atoms with Crippen LogP contribution in [-0.2, 0) is 13.0 Å². The van der Waals surface area contributed by atoms with Crippen LogP contribution in [0.5, 0.6) is 0 Å². The van der Waals surface area contributed by atoms with Gasteiger partial charge in [-0.15, -0.1) is 0 Å². The molecule has 29 heavy (non-hydrogen) atoms. The van der Waals surface area contributed by atoms with Crippen molar-refractivity contribution >= 4 is 0 Å². The Balaban J connectivity index is 1.42. The highest BCUT2D eigenvalue weighted by atomic mass is 19.1. The average Bonchev–Trinajstić information content (AvgIpc) is 3.34. The van der Waals surface area contributed by atoms with E-state index in [-0.39, 0.29) is 23.7 Å². The molecule has 1 aromatic heterocycles. The van der Waals surface area contributed by atoms with Crippen molar-refractivity contribution in [2.24, 2.45) is 5.41 Å². The smallest absolute Gasteiger partial charge is 0.241 e. The normalized spacial score (nSPS) is 19.7. The first-order valence-corrected chi connectivity index (χ1v) is 9.63. The lowest BCUT2D eigenvalue weighted by molar-refractivity contribution is 0.124. The number of nitrogens with zero attached hydrogens (tertiary/aromatic N) is 3. The fourth-order valence-corrected chi connectivity index (χ4v) is 3.94. The van der Waals surface area contributed by atoms with Crippen molar-refractivity contribution in [2.45, 2.75) is 26.3 Å². The molecule has 0 aliphatic carbocycles. The zero-order chi connectivity index (χ0) is 20.4. The van der Waals surface area contributed by atoms with E-state index >= 15 is 0 Å². The number of aromatic nitrogens is 2. The quantitative estimate of drug-likeness (QED) is 0.684. The predicted octanol–water partition coefficient (Wildman–Crippen LogP) is 3.75. The fraction of sp³-hybridized carbons (Fsp3) is 0.364. The second-order valence-electron chi connectivity index (χ2n) is 7.90. The van der Waals surface area contributed by atoms with Crippen LogP contribution >= 0.6 is 0 Å². The van der Waals surface area contributed by atoms with E-state index in [1.807, 2.05) is 0 Å². The molecule has 1 unspecified atom stereocenters. The molecule has 152 valence electrons. The van der Waals surface area contributed by atoms with Gasteiger partial charge in [-0.2, -0.15) is 4.98 Å². The zero-order valence-electron chi connectivity index (χ0n) is 16.2. The summed E-state index contributed by atoms with van der Waals surface area (Å²) < 4.78 is 32.0. The Morgan fingerprint density at radius 3 is 2.69 bits per heavy atom. The number of halogens is 2. The molecule has 2 aromatic carbocycles. The number of hydrogen-bond acceptors (Lipinski definition) is 5. The van der Waals surface area contributed by atoms with E-state index in [0.29, 0.717) is 42.4 Å². The number of benzene rings is 2. The molecule has 0 bridgehead atoms. The molecule has 1 saturated heterocycles. The molecule has 1 aliphatic rings. The van der Waals surface area contributed by atoms with Gasteiger partial charge in [-0.05, 0) is 67.8 Å². The van der Waals surface area contributed by atoms with Crippen LogP contribution in [-0.4, -0.2) is 39.8 Å². The summed E-state index contributed by atoms with van der Waals surface area (Å²) in [5, 5.41) is 14.0. The number of aliphatic hydroxyl groups excluding tert-OH is 1. The maximum atomic E-state index is 13.5. The minimum absolute atomic E-state index is 0.0603. The molecule has 0 saturated carbocycles. The van der Waals surface area contributed by atoms with E-state index in [1.165, 1.54) is 18.2 Å². The lowest BCUT2D eigenvalue weighted by Gasteiger charge is -2.27. The van der Waals surface area contributed by atoms with Gasteiger partial charge in [0.25, 0.3) is 0 Å². The second-order valence-corrected chi connectivity index (χ2v) is 7.90. The van der Waals surface area contributed by atoms with Crippen molar-refractivity contribution in [3.05, 3.63) is 71.1 Å². The van der Waals surface area contributed by atoms with Crippen molar-refractivity contribution < 1.29 is 18.4 Å². The minimum Gasteiger partial charge on any atom is -0.396 e. The van der Waals surface area contributed by atoms with Crippen molar-refractivity contribution in [1.29, 1.82) is 0 Å². The van der Waals surface area contributed by atoms with Gasteiger partial charge in [0.15, 0.2) is 0 Å². The van der Waals surface area contributed by atoms with Gasteiger partial charge in [-0.3, -0.25) is 4.90 Å². The van der Waals surface area contributed by atoms with Gasteiger partial charge in [-0.25, -0.2) is 8.78 Å². The number of hydrogen-bond donors (Lipinski definition) is 1. The molecule has 7 heteroatoms. The van der Waals surface area contributed by atoms with Gasteiger partial charge >= 0.3 is 0 Å². The number of aliphatic hydroxyl groups is 1. The van der Waals surface area contributed by atoms with Crippen molar-refractivity contribution in [3.8, 4) is 11.4 Å². The van der Waals surface area contributed by atoms with Crippen LogP contribution in [0.25, 0.3) is 11.4 Å². The van der Waals surface area contributed by atoms with Gasteiger partial charge < -0.3 is 9.63 Å². The summed E-state index contributed by atoms with van der Waals surface area (Å²) in [6, 6.07) is 11.2. The van der Waals surface area contributed by atoms with Gasteiger partial charge in [0, 0.05) is 17.5 Å². The molecule has 3 aromatic rings. The van der Waals surface area contributed by atoms with Gasteiger partial charge in [-0.1, -0.05) is 17.3 Å². The SMILES string of the molecule is Cc1cc(-c2noc(CN3CCC(CO)(Cc4ccc(F)cc4)C3)n2)ccc1F. The highest BCUT2D eigenvalue weighted by Gasteiger charge is 2.38. The van der Waals surface area contributed by atoms with Crippen LogP contribution < -0.4 is 0 Å². The van der Waals surface area contributed by atoms with E-state index in [0.717, 1.165) is 18.5 Å². The Bertz CT molecular complexity index is 990. The Kier molecular flexibility index (Phi) is 5.43. The van der Waals surface area contributed by atoms with E-state index in [1.54, 1.807) is 31.2 Å². The molecule has 1 aliphatic heterocycles. The highest BCUT2D eigenvalue weighted by Crippen LogP contribution is 2.34. The fourth-order valence-electron chi connectivity index (χ4n) is 3.94. The third-order valence-corrected chi connectivity index (χ3v) is 5.59. The summed E-state index contributed by atoms with van der Waals surface area (Å²) in [6.45, 7) is 3.73. The average molecular weight is 399 g/mol. The van der Waals surface area contributed by atoms with Crippen molar-refractivity contribution in [3.63, 3.8) is 0 Å². The van der Waals surface area contributed by atoms with Crippen molar-refractivity contribution in [1.82, 2.24) is 15.0 Å². The topological polar surface area (TPSA) is 62.4 Å². The van der Waals surface area contributed by atoms with E-state index < -0.39 is 0 Å². The molecule has 0 amide bonds. The molecule has 1 N–H and O–H groups in total. The van der Waals surface area contributed by atoms with Crippen LogP contribution in [0, 0.1) is 24.0 Å². The van der Waals surface area contributed by atoms with Crippen molar-refractivity contribution in [2.75, 3.05) is 19.7 Å². The molecular formula is C22H23F2N3O2. The molecule has 1 fully saturated rings. The Labute approximate surface area is 168 Å². The summed E-state index contributed by atoms with van der Waals surface area (Å²) in [5.74, 6) is 0.388. The first kappa shape index (κ1) is 19.7. The predicted molar refractivity (Wildman–Crippen MR) is 104 cm³/mol. The molecule has 0 radical (unpaired) electrons. The number of rotatable bonds is 6. The lowest BCUT2D eigenvalue weighted by atomic mass is 9.81. The standard InChI is InChI=1S/C22H23F2N3O2/c1-15-10-17(4-7-19(15)24)21-25-20(29-26-21)12-27-9-8-22(13-27,14-28)11-16-2-5-18(23)6-3-16/h2-7,10,28H,8-9,11-14H2,1H3. The van der Waals surface area contributed by atoms with Gasteiger partial charge in [0.1, 0.15) is 11.6 Å². The number of aryl methyl sites for hydroxylation is 1. The van der Waals surface area contributed by atoms with Crippen LogP contribution in [0.15, 0.2) is 47.0 Å². The summed E-state index contributed by atoms with van der Waals surface area (Å²) in [5.41, 5.74) is 1.98. The first-order valence-electron chi connectivity index (χ1n) is 9.63. The van der Waals surface area contributed by atoms with Crippen LogP contribution in [0.2, 0.25) is 0 Å². The summed E-state index contributed by atoms with van der Waals surface area (Å²) in [4.78, 5) is 6.61. The Morgan fingerprint density at radius 2 is 1.97 bits per heavy atom.